The molecule has 0 spiro atoms. The second-order valence-corrected chi connectivity index (χ2v) is 6.65. The summed E-state index contributed by atoms with van der Waals surface area (Å²) in [5, 5.41) is 3.73. The zero-order chi connectivity index (χ0) is 13.5. The summed E-state index contributed by atoms with van der Waals surface area (Å²) in [5.74, 6) is 0.882. The van der Waals surface area contributed by atoms with Gasteiger partial charge in [0.25, 0.3) is 0 Å². The van der Waals surface area contributed by atoms with Crippen molar-refractivity contribution in [2.75, 3.05) is 6.26 Å². The maximum absolute atomic E-state index is 3.73. The number of thioether (sulfide) groups is 1. The predicted octanol–water partition coefficient (Wildman–Crippen LogP) is 4.86. The van der Waals surface area contributed by atoms with Crippen molar-refractivity contribution < 1.29 is 0 Å². The van der Waals surface area contributed by atoms with Gasteiger partial charge >= 0.3 is 0 Å². The Morgan fingerprint density at radius 1 is 1.11 bits per heavy atom. The summed E-state index contributed by atoms with van der Waals surface area (Å²) < 4.78 is 0. The van der Waals surface area contributed by atoms with Crippen LogP contribution < -0.4 is 5.32 Å². The molecule has 0 bridgehead atoms. The van der Waals surface area contributed by atoms with Crippen LogP contribution in [0.25, 0.3) is 0 Å². The summed E-state index contributed by atoms with van der Waals surface area (Å²) in [4.78, 5) is 1.35. The van der Waals surface area contributed by atoms with Gasteiger partial charge in [-0.05, 0) is 49.6 Å². The molecule has 1 aliphatic carbocycles. The second kappa shape index (κ2) is 7.96. The van der Waals surface area contributed by atoms with E-state index in [2.05, 4.69) is 42.8 Å². The van der Waals surface area contributed by atoms with Gasteiger partial charge < -0.3 is 5.32 Å². The molecule has 1 saturated carbocycles. The summed E-state index contributed by atoms with van der Waals surface area (Å²) in [6.45, 7) is 3.37. The average Bonchev–Trinajstić information content (AvgIpc) is 2.74. The van der Waals surface area contributed by atoms with E-state index in [4.69, 9.17) is 0 Å². The van der Waals surface area contributed by atoms with Crippen molar-refractivity contribution in [2.45, 2.75) is 62.9 Å². The van der Waals surface area contributed by atoms with Gasteiger partial charge in [-0.1, -0.05) is 37.8 Å². The van der Waals surface area contributed by atoms with Gasteiger partial charge in [0.15, 0.2) is 0 Å². The van der Waals surface area contributed by atoms with Crippen LogP contribution in [0, 0.1) is 5.92 Å². The third-order valence-electron chi connectivity index (χ3n) is 4.39. The SMILES string of the molecule is CSc1ccc(CN[C@H](C)C2CCCCCC2)cc1. The first kappa shape index (κ1) is 14.9. The fourth-order valence-electron chi connectivity index (χ4n) is 3.00. The summed E-state index contributed by atoms with van der Waals surface area (Å²) in [5.41, 5.74) is 1.40. The highest BCUT2D eigenvalue weighted by Crippen LogP contribution is 2.25. The minimum absolute atomic E-state index is 0.651. The van der Waals surface area contributed by atoms with E-state index in [0.717, 1.165) is 12.5 Å². The van der Waals surface area contributed by atoms with Crippen molar-refractivity contribution in [3.05, 3.63) is 29.8 Å². The highest BCUT2D eigenvalue weighted by molar-refractivity contribution is 7.98. The van der Waals surface area contributed by atoms with Crippen LogP contribution in [0.15, 0.2) is 29.2 Å². The van der Waals surface area contributed by atoms with E-state index in [-0.39, 0.29) is 0 Å². The molecule has 0 amide bonds. The molecule has 19 heavy (non-hydrogen) atoms. The minimum Gasteiger partial charge on any atom is -0.310 e. The lowest BCUT2D eigenvalue weighted by atomic mass is 9.93. The number of nitrogens with one attached hydrogen (secondary N) is 1. The zero-order valence-corrected chi connectivity index (χ0v) is 13.1. The quantitative estimate of drug-likeness (QED) is 0.609. The van der Waals surface area contributed by atoms with E-state index in [0.29, 0.717) is 6.04 Å². The molecular weight excluding hydrogens is 250 g/mol. The Morgan fingerprint density at radius 3 is 2.32 bits per heavy atom. The Bertz CT molecular complexity index is 352. The highest BCUT2D eigenvalue weighted by atomic mass is 32.2. The van der Waals surface area contributed by atoms with Crippen molar-refractivity contribution in [3.8, 4) is 0 Å². The summed E-state index contributed by atoms with van der Waals surface area (Å²) in [6.07, 6.45) is 10.7. The van der Waals surface area contributed by atoms with Crippen LogP contribution in [0.2, 0.25) is 0 Å². The smallest absolute Gasteiger partial charge is 0.0208 e. The number of hydrogen-bond donors (Lipinski definition) is 1. The maximum Gasteiger partial charge on any atom is 0.0208 e. The molecule has 1 N–H and O–H groups in total. The van der Waals surface area contributed by atoms with Crippen LogP contribution in [0.5, 0.6) is 0 Å². The molecule has 1 atom stereocenters. The fourth-order valence-corrected chi connectivity index (χ4v) is 3.41. The van der Waals surface area contributed by atoms with E-state index >= 15 is 0 Å². The Labute approximate surface area is 122 Å². The first-order chi connectivity index (χ1) is 9.29. The molecule has 1 aliphatic rings. The van der Waals surface area contributed by atoms with Crippen LogP contribution in [0.3, 0.4) is 0 Å². The van der Waals surface area contributed by atoms with Crippen molar-refractivity contribution in [3.63, 3.8) is 0 Å². The van der Waals surface area contributed by atoms with E-state index < -0.39 is 0 Å². The van der Waals surface area contributed by atoms with E-state index in [1.54, 1.807) is 11.8 Å². The van der Waals surface area contributed by atoms with Crippen LogP contribution >= 0.6 is 11.8 Å². The number of benzene rings is 1. The lowest BCUT2D eigenvalue weighted by Gasteiger charge is -2.23. The van der Waals surface area contributed by atoms with Crippen LogP contribution in [-0.2, 0) is 6.54 Å². The first-order valence-electron chi connectivity index (χ1n) is 7.66. The van der Waals surface area contributed by atoms with Crippen LogP contribution in [0.1, 0.15) is 51.0 Å². The van der Waals surface area contributed by atoms with Gasteiger partial charge in [-0.25, -0.2) is 0 Å². The molecule has 2 heteroatoms. The normalized spacial score (nSPS) is 19.1. The van der Waals surface area contributed by atoms with Gasteiger partial charge in [-0.3, -0.25) is 0 Å². The molecule has 1 aromatic rings. The Morgan fingerprint density at radius 2 is 1.74 bits per heavy atom. The fraction of sp³-hybridized carbons (Fsp3) is 0.647. The summed E-state index contributed by atoms with van der Waals surface area (Å²) >= 11 is 1.81. The zero-order valence-electron chi connectivity index (χ0n) is 12.3. The van der Waals surface area contributed by atoms with E-state index in [1.807, 2.05) is 0 Å². The molecule has 0 heterocycles. The molecule has 1 nitrogen and oxygen atoms in total. The van der Waals surface area contributed by atoms with Gasteiger partial charge in [0.2, 0.25) is 0 Å². The van der Waals surface area contributed by atoms with E-state index in [1.165, 1.54) is 49.0 Å². The molecule has 0 aliphatic heterocycles. The van der Waals surface area contributed by atoms with Gasteiger partial charge in [-0.2, -0.15) is 0 Å². The summed E-state index contributed by atoms with van der Waals surface area (Å²) in [6, 6.07) is 9.59. The van der Waals surface area contributed by atoms with Gasteiger partial charge in [0.1, 0.15) is 0 Å². The lowest BCUT2D eigenvalue weighted by Crippen LogP contribution is -2.32. The molecule has 106 valence electrons. The Hall–Kier alpha value is -0.470. The largest absolute Gasteiger partial charge is 0.310 e. The Kier molecular flexibility index (Phi) is 6.25. The highest BCUT2D eigenvalue weighted by Gasteiger charge is 2.18. The Balaban J connectivity index is 1.79. The predicted molar refractivity (Wildman–Crippen MR) is 85.7 cm³/mol. The lowest BCUT2D eigenvalue weighted by molar-refractivity contribution is 0.336. The minimum atomic E-state index is 0.651. The molecule has 1 aromatic carbocycles. The van der Waals surface area contributed by atoms with Crippen molar-refractivity contribution >= 4 is 11.8 Å². The number of hydrogen-bond acceptors (Lipinski definition) is 2. The molecular formula is C17H27NS. The average molecular weight is 277 g/mol. The molecule has 2 rings (SSSR count). The maximum atomic E-state index is 3.73. The molecule has 0 radical (unpaired) electrons. The number of rotatable bonds is 5. The van der Waals surface area contributed by atoms with Crippen molar-refractivity contribution in [1.29, 1.82) is 0 Å². The third kappa shape index (κ3) is 4.85. The second-order valence-electron chi connectivity index (χ2n) is 5.77. The van der Waals surface area contributed by atoms with Gasteiger partial charge in [0.05, 0.1) is 0 Å². The summed E-state index contributed by atoms with van der Waals surface area (Å²) in [7, 11) is 0. The monoisotopic (exact) mass is 277 g/mol. The van der Waals surface area contributed by atoms with E-state index in [9.17, 15) is 0 Å². The third-order valence-corrected chi connectivity index (χ3v) is 5.14. The first-order valence-corrected chi connectivity index (χ1v) is 8.88. The topological polar surface area (TPSA) is 12.0 Å². The standard InChI is InChI=1S/C17H27NS/c1-14(16-7-5-3-4-6-8-16)18-13-15-9-11-17(19-2)12-10-15/h9-12,14,16,18H,3-8,13H2,1-2H3/t14-/m1/s1. The molecule has 1 fully saturated rings. The molecule has 0 saturated heterocycles. The molecule has 0 aromatic heterocycles. The van der Waals surface area contributed by atoms with Crippen molar-refractivity contribution in [2.24, 2.45) is 5.92 Å². The van der Waals surface area contributed by atoms with Gasteiger partial charge in [0, 0.05) is 17.5 Å². The van der Waals surface area contributed by atoms with Gasteiger partial charge in [-0.15, -0.1) is 11.8 Å². The van der Waals surface area contributed by atoms with Crippen molar-refractivity contribution in [1.82, 2.24) is 5.32 Å². The van der Waals surface area contributed by atoms with Crippen LogP contribution in [0.4, 0.5) is 0 Å². The molecule has 0 unspecified atom stereocenters. The van der Waals surface area contributed by atoms with Crippen LogP contribution in [-0.4, -0.2) is 12.3 Å².